The summed E-state index contributed by atoms with van der Waals surface area (Å²) in [6.45, 7) is 0. The van der Waals surface area contributed by atoms with Crippen LogP contribution in [0.4, 0.5) is 0 Å². The molecule has 4 nitrogen and oxygen atoms in total. The predicted octanol–water partition coefficient (Wildman–Crippen LogP) is 2.60. The van der Waals surface area contributed by atoms with Crippen LogP contribution in [0.3, 0.4) is 0 Å². The van der Waals surface area contributed by atoms with Gasteiger partial charge in [-0.25, -0.2) is 4.58 Å². The van der Waals surface area contributed by atoms with Gasteiger partial charge in [-0.3, -0.25) is 0 Å². The number of likely N-dealkylation sites (N-methyl/N-ethyl adjacent to an activating group) is 1. The minimum atomic E-state index is -0.133. The summed E-state index contributed by atoms with van der Waals surface area (Å²) in [5.41, 5.74) is 3.40. The molecule has 116 valence electrons. The van der Waals surface area contributed by atoms with E-state index in [1.807, 2.05) is 6.07 Å². The first kappa shape index (κ1) is 13.8. The molecule has 0 radical (unpaired) electrons. The smallest absolute Gasteiger partial charge is 0.189 e. The molecule has 1 fully saturated rings. The van der Waals surface area contributed by atoms with Gasteiger partial charge in [0.05, 0.1) is 12.5 Å². The molecular formula is C18H23N2O2+. The molecule has 4 heteroatoms. The summed E-state index contributed by atoms with van der Waals surface area (Å²) in [7, 11) is 3.83. The monoisotopic (exact) mass is 299 g/mol. The molecule has 1 aliphatic heterocycles. The summed E-state index contributed by atoms with van der Waals surface area (Å²) in [5, 5.41) is 13.4. The molecule has 1 aromatic carbocycles. The quantitative estimate of drug-likeness (QED) is 0.492. The highest BCUT2D eigenvalue weighted by Crippen LogP contribution is 2.53. The van der Waals surface area contributed by atoms with Crippen LogP contribution in [0.1, 0.15) is 36.8 Å². The Balaban J connectivity index is 2.00. The van der Waals surface area contributed by atoms with Gasteiger partial charge in [-0.05, 0) is 36.1 Å². The minimum absolute atomic E-state index is 0.133. The van der Waals surface area contributed by atoms with E-state index in [1.165, 1.54) is 30.4 Å². The third-order valence-corrected chi connectivity index (χ3v) is 6.07. The Morgan fingerprint density at radius 1 is 1.36 bits per heavy atom. The third kappa shape index (κ3) is 1.64. The van der Waals surface area contributed by atoms with E-state index in [0.29, 0.717) is 12.0 Å². The van der Waals surface area contributed by atoms with Crippen LogP contribution < -0.4 is 4.74 Å². The van der Waals surface area contributed by atoms with Gasteiger partial charge >= 0.3 is 0 Å². The van der Waals surface area contributed by atoms with Crippen LogP contribution in [0.2, 0.25) is 0 Å². The SMILES string of the molecule is COc1ccc2c(c1)[C@@]13CCCC[C@@H]1[C@H](C2)[N+](C)=C/C3=N/O. The second-order valence-corrected chi connectivity index (χ2v) is 6.90. The highest BCUT2D eigenvalue weighted by atomic mass is 16.5. The molecule has 2 aliphatic carbocycles. The molecule has 0 unspecified atom stereocenters. The topological polar surface area (TPSA) is 44.8 Å². The van der Waals surface area contributed by atoms with E-state index in [9.17, 15) is 5.21 Å². The Hall–Kier alpha value is -1.84. The molecule has 3 atom stereocenters. The first-order valence-electron chi connectivity index (χ1n) is 8.17. The fraction of sp³-hybridized carbons (Fsp3) is 0.556. The van der Waals surface area contributed by atoms with Gasteiger partial charge in [0.15, 0.2) is 18.0 Å². The van der Waals surface area contributed by atoms with E-state index >= 15 is 0 Å². The normalized spacial score (nSPS) is 34.6. The number of methoxy groups -OCH3 is 1. The Morgan fingerprint density at radius 3 is 3.00 bits per heavy atom. The van der Waals surface area contributed by atoms with Crippen LogP contribution in [0.25, 0.3) is 0 Å². The van der Waals surface area contributed by atoms with Gasteiger partial charge < -0.3 is 9.94 Å². The van der Waals surface area contributed by atoms with Gasteiger partial charge in [-0.1, -0.05) is 24.1 Å². The number of rotatable bonds is 1. The van der Waals surface area contributed by atoms with Crippen LogP contribution in [-0.4, -0.2) is 41.9 Å². The highest BCUT2D eigenvalue weighted by molar-refractivity contribution is 6.33. The van der Waals surface area contributed by atoms with Crippen molar-refractivity contribution < 1.29 is 14.5 Å². The number of hydrogen-bond donors (Lipinski definition) is 1. The van der Waals surface area contributed by atoms with E-state index < -0.39 is 0 Å². The molecule has 2 bridgehead atoms. The lowest BCUT2D eigenvalue weighted by Gasteiger charge is -2.51. The van der Waals surface area contributed by atoms with Crippen molar-refractivity contribution in [2.24, 2.45) is 11.1 Å². The van der Waals surface area contributed by atoms with Crippen molar-refractivity contribution in [3.05, 3.63) is 29.3 Å². The van der Waals surface area contributed by atoms with Crippen molar-refractivity contribution in [1.82, 2.24) is 0 Å². The van der Waals surface area contributed by atoms with Crippen LogP contribution in [0.5, 0.6) is 5.75 Å². The maximum absolute atomic E-state index is 9.71. The molecule has 4 rings (SSSR count). The number of nitrogens with zero attached hydrogens (tertiary/aromatic N) is 2. The largest absolute Gasteiger partial charge is 0.497 e. The molecule has 1 aromatic rings. The Morgan fingerprint density at radius 2 is 2.23 bits per heavy atom. The van der Waals surface area contributed by atoms with Crippen molar-refractivity contribution in [3.63, 3.8) is 0 Å². The molecule has 1 heterocycles. The number of fused-ring (bicyclic) bond motifs is 1. The summed E-state index contributed by atoms with van der Waals surface area (Å²) in [5.74, 6) is 1.42. The predicted molar refractivity (Wildman–Crippen MR) is 85.6 cm³/mol. The van der Waals surface area contributed by atoms with Crippen LogP contribution >= 0.6 is 0 Å². The lowest BCUT2D eigenvalue weighted by atomic mass is 9.52. The number of ether oxygens (including phenoxy) is 1. The van der Waals surface area contributed by atoms with Crippen LogP contribution in [-0.2, 0) is 11.8 Å². The van der Waals surface area contributed by atoms with Gasteiger partial charge in [0, 0.05) is 12.3 Å². The molecule has 0 spiro atoms. The zero-order valence-electron chi connectivity index (χ0n) is 13.2. The fourth-order valence-corrected chi connectivity index (χ4v) is 5.10. The van der Waals surface area contributed by atoms with E-state index in [-0.39, 0.29) is 5.41 Å². The maximum atomic E-state index is 9.71. The standard InChI is InChI=1S/C18H22N2O2/c1-20-11-17(19-21)18-8-4-3-5-14(18)16(20)9-12-6-7-13(22-2)10-15(12)18/h6-7,10-11,14,16H,3-5,8-9H2,1-2H3/p+1/t14-,16+,18-/m1/s1. The van der Waals surface area contributed by atoms with Crippen molar-refractivity contribution in [2.75, 3.05) is 14.2 Å². The second kappa shape index (κ2) is 4.83. The minimum Gasteiger partial charge on any atom is -0.497 e. The molecule has 22 heavy (non-hydrogen) atoms. The summed E-state index contributed by atoms with van der Waals surface area (Å²) in [6, 6.07) is 6.93. The molecule has 0 saturated heterocycles. The molecule has 0 aromatic heterocycles. The lowest BCUT2D eigenvalue weighted by Crippen LogP contribution is -2.61. The number of hydrogen-bond acceptors (Lipinski definition) is 3. The van der Waals surface area contributed by atoms with Crippen LogP contribution in [0.15, 0.2) is 23.4 Å². The zero-order chi connectivity index (χ0) is 15.3. The van der Waals surface area contributed by atoms with Crippen LogP contribution in [0, 0.1) is 5.92 Å². The van der Waals surface area contributed by atoms with Gasteiger partial charge in [0.25, 0.3) is 0 Å². The fourth-order valence-electron chi connectivity index (χ4n) is 5.10. The molecule has 1 saturated carbocycles. The first-order chi connectivity index (χ1) is 10.7. The number of oxime groups is 1. The molecule has 0 amide bonds. The third-order valence-electron chi connectivity index (χ3n) is 6.07. The number of benzene rings is 1. The van der Waals surface area contributed by atoms with Gasteiger partial charge in [0.1, 0.15) is 12.8 Å². The first-order valence-corrected chi connectivity index (χ1v) is 8.17. The maximum Gasteiger partial charge on any atom is 0.189 e. The molecule has 3 aliphatic rings. The highest BCUT2D eigenvalue weighted by Gasteiger charge is 2.59. The summed E-state index contributed by atoms with van der Waals surface area (Å²) in [4.78, 5) is 0. The van der Waals surface area contributed by atoms with Crippen molar-refractivity contribution in [2.45, 2.75) is 43.6 Å². The zero-order valence-corrected chi connectivity index (χ0v) is 13.2. The lowest BCUT2D eigenvalue weighted by molar-refractivity contribution is -0.548. The van der Waals surface area contributed by atoms with E-state index in [1.54, 1.807) is 7.11 Å². The molecular weight excluding hydrogens is 276 g/mol. The second-order valence-electron chi connectivity index (χ2n) is 6.90. The van der Waals surface area contributed by atoms with E-state index in [4.69, 9.17) is 4.74 Å². The van der Waals surface area contributed by atoms with Gasteiger partial charge in [0.2, 0.25) is 0 Å². The Labute approximate surface area is 131 Å². The Kier molecular flexibility index (Phi) is 3.03. The summed E-state index contributed by atoms with van der Waals surface area (Å²) >= 11 is 0. The summed E-state index contributed by atoms with van der Waals surface area (Å²) in [6.07, 6.45) is 7.86. The van der Waals surface area contributed by atoms with Gasteiger partial charge in [-0.2, -0.15) is 0 Å². The average molecular weight is 299 g/mol. The van der Waals surface area contributed by atoms with Crippen molar-refractivity contribution in [1.29, 1.82) is 0 Å². The van der Waals surface area contributed by atoms with Gasteiger partial charge in [-0.15, -0.1) is 0 Å². The average Bonchev–Trinajstić information content (AvgIpc) is 2.57. The Bertz CT molecular complexity index is 680. The van der Waals surface area contributed by atoms with E-state index in [2.05, 4.69) is 35.1 Å². The van der Waals surface area contributed by atoms with Crippen molar-refractivity contribution in [3.8, 4) is 5.75 Å². The van der Waals surface area contributed by atoms with E-state index in [0.717, 1.165) is 24.3 Å². The molecule has 1 N–H and O–H groups in total. The van der Waals surface area contributed by atoms with Crippen molar-refractivity contribution >= 4 is 11.9 Å². The summed E-state index contributed by atoms with van der Waals surface area (Å²) < 4.78 is 7.72.